The summed E-state index contributed by atoms with van der Waals surface area (Å²) >= 11 is 0. The fourth-order valence-electron chi connectivity index (χ4n) is 2.06. The summed E-state index contributed by atoms with van der Waals surface area (Å²) < 4.78 is 0. The molecule has 21 heavy (non-hydrogen) atoms. The maximum absolute atomic E-state index is 11.4. The van der Waals surface area contributed by atoms with E-state index in [-0.39, 0.29) is 5.69 Å². The van der Waals surface area contributed by atoms with Gasteiger partial charge in [-0.2, -0.15) is 0 Å². The van der Waals surface area contributed by atoms with Crippen molar-refractivity contribution in [3.63, 3.8) is 0 Å². The van der Waals surface area contributed by atoms with Crippen molar-refractivity contribution in [3.8, 4) is 0 Å². The number of carbonyl (C=O) groups is 1. The topological polar surface area (TPSA) is 96.6 Å². The Bertz CT molecular complexity index is 727. The van der Waals surface area contributed by atoms with E-state index in [1.54, 1.807) is 37.9 Å². The lowest BCUT2D eigenvalue weighted by Gasteiger charge is -2.34. The normalized spacial score (nSPS) is 11.4. The molecule has 1 aromatic carbocycles. The number of aromatic nitrogens is 1. The second-order valence-electron chi connectivity index (χ2n) is 5.21. The molecular weight excluding hydrogens is 274 g/mol. The van der Waals surface area contributed by atoms with Crippen LogP contribution in [0.4, 0.5) is 11.4 Å². The van der Waals surface area contributed by atoms with Gasteiger partial charge in [-0.05, 0) is 26.0 Å². The van der Waals surface area contributed by atoms with Gasteiger partial charge in [-0.15, -0.1) is 0 Å². The fraction of sp³-hybridized carbons (Fsp3) is 0.286. The third kappa shape index (κ3) is 2.37. The minimum atomic E-state index is -1.15. The summed E-state index contributed by atoms with van der Waals surface area (Å²) in [4.78, 5) is 27.5. The third-order valence-electron chi connectivity index (χ3n) is 3.69. The highest BCUT2D eigenvalue weighted by Gasteiger charge is 2.33. The summed E-state index contributed by atoms with van der Waals surface area (Å²) in [6.07, 6.45) is 2.94. The zero-order valence-electron chi connectivity index (χ0n) is 11.9. The van der Waals surface area contributed by atoms with Crippen LogP contribution in [0.5, 0.6) is 0 Å². The van der Waals surface area contributed by atoms with Gasteiger partial charge in [0.25, 0.3) is 5.69 Å². The van der Waals surface area contributed by atoms with E-state index in [1.807, 2.05) is 0 Å². The van der Waals surface area contributed by atoms with Gasteiger partial charge < -0.3 is 10.0 Å². The third-order valence-corrected chi connectivity index (χ3v) is 3.69. The van der Waals surface area contributed by atoms with Crippen molar-refractivity contribution in [2.24, 2.45) is 0 Å². The van der Waals surface area contributed by atoms with Crippen molar-refractivity contribution in [1.82, 2.24) is 4.98 Å². The van der Waals surface area contributed by atoms with Crippen molar-refractivity contribution < 1.29 is 14.8 Å². The van der Waals surface area contributed by atoms with E-state index in [2.05, 4.69) is 4.98 Å². The number of nitro benzene ring substituents is 1. The molecule has 1 N–H and O–H groups in total. The molecule has 0 saturated carbocycles. The molecule has 2 rings (SSSR count). The molecule has 110 valence electrons. The predicted octanol–water partition coefficient (Wildman–Crippen LogP) is 2.44. The number of carboxylic acids is 1. The highest BCUT2D eigenvalue weighted by Crippen LogP contribution is 2.35. The lowest BCUT2D eigenvalue weighted by Crippen LogP contribution is -2.48. The summed E-state index contributed by atoms with van der Waals surface area (Å²) in [5, 5.41) is 21.4. The molecule has 0 amide bonds. The molecule has 0 aliphatic heterocycles. The van der Waals surface area contributed by atoms with Gasteiger partial charge in [-0.3, -0.25) is 15.1 Å². The number of nitrogens with zero attached hydrogens (tertiary/aromatic N) is 3. The number of hydrogen-bond acceptors (Lipinski definition) is 5. The molecule has 7 heteroatoms. The van der Waals surface area contributed by atoms with Crippen molar-refractivity contribution in [3.05, 3.63) is 40.7 Å². The van der Waals surface area contributed by atoms with Crippen LogP contribution in [0.2, 0.25) is 0 Å². The Morgan fingerprint density at radius 3 is 2.57 bits per heavy atom. The summed E-state index contributed by atoms with van der Waals surface area (Å²) in [6, 6.07) is 4.57. The number of rotatable bonds is 4. The number of aliphatic carboxylic acids is 1. The minimum absolute atomic E-state index is 0.0524. The first-order valence-corrected chi connectivity index (χ1v) is 6.25. The monoisotopic (exact) mass is 289 g/mol. The fourth-order valence-corrected chi connectivity index (χ4v) is 2.06. The van der Waals surface area contributed by atoms with E-state index in [9.17, 15) is 20.0 Å². The summed E-state index contributed by atoms with van der Waals surface area (Å²) in [5.41, 5.74) is -0.597. The van der Waals surface area contributed by atoms with Crippen LogP contribution < -0.4 is 4.90 Å². The van der Waals surface area contributed by atoms with E-state index >= 15 is 0 Å². The molecule has 2 aromatic rings. The first-order chi connectivity index (χ1) is 9.76. The maximum atomic E-state index is 11.4. The van der Waals surface area contributed by atoms with Crippen LogP contribution in [0.1, 0.15) is 13.8 Å². The Morgan fingerprint density at radius 1 is 1.33 bits per heavy atom. The molecule has 0 aliphatic carbocycles. The minimum Gasteiger partial charge on any atom is -0.480 e. The van der Waals surface area contributed by atoms with Crippen LogP contribution in [0.15, 0.2) is 30.6 Å². The number of likely N-dealkylation sites (N-methyl/N-ethyl adjacent to an activating group) is 1. The van der Waals surface area contributed by atoms with Gasteiger partial charge in [0.2, 0.25) is 0 Å². The highest BCUT2D eigenvalue weighted by atomic mass is 16.6. The number of hydrogen-bond donors (Lipinski definition) is 1. The Balaban J connectivity index is 2.70. The quantitative estimate of drug-likeness (QED) is 0.686. The van der Waals surface area contributed by atoms with Gasteiger partial charge >= 0.3 is 5.97 Å². The summed E-state index contributed by atoms with van der Waals surface area (Å²) in [7, 11) is 1.65. The largest absolute Gasteiger partial charge is 0.480 e. The number of carboxylic acid groups (broad SMARTS) is 1. The SMILES string of the molecule is CN(c1ccc([N+](=O)[O-])c2cnccc12)C(C)(C)C(=O)O. The molecule has 0 saturated heterocycles. The van der Waals surface area contributed by atoms with Crippen LogP contribution in [0, 0.1) is 10.1 Å². The van der Waals surface area contributed by atoms with Gasteiger partial charge in [0.15, 0.2) is 0 Å². The van der Waals surface area contributed by atoms with Crippen LogP contribution in [-0.2, 0) is 4.79 Å². The van der Waals surface area contributed by atoms with Crippen LogP contribution in [0.3, 0.4) is 0 Å². The van der Waals surface area contributed by atoms with Gasteiger partial charge in [-0.25, -0.2) is 4.79 Å². The molecule has 0 spiro atoms. The number of anilines is 1. The van der Waals surface area contributed by atoms with E-state index in [0.29, 0.717) is 16.5 Å². The number of pyridine rings is 1. The Labute approximate surface area is 121 Å². The van der Waals surface area contributed by atoms with Crippen LogP contribution in [0.25, 0.3) is 10.8 Å². The maximum Gasteiger partial charge on any atom is 0.328 e. The number of nitro groups is 1. The molecule has 0 radical (unpaired) electrons. The molecule has 0 bridgehead atoms. The molecule has 0 fully saturated rings. The van der Waals surface area contributed by atoms with Gasteiger partial charge in [0.1, 0.15) is 5.54 Å². The second-order valence-corrected chi connectivity index (χ2v) is 5.21. The Kier molecular flexibility index (Phi) is 3.51. The summed E-state index contributed by atoms with van der Waals surface area (Å²) in [6.45, 7) is 3.15. The zero-order valence-corrected chi connectivity index (χ0v) is 11.9. The molecular formula is C14H15N3O4. The average molecular weight is 289 g/mol. The first-order valence-electron chi connectivity index (χ1n) is 6.25. The molecule has 7 nitrogen and oxygen atoms in total. The average Bonchev–Trinajstić information content (AvgIpc) is 2.44. The summed E-state index contributed by atoms with van der Waals surface area (Å²) in [5.74, 6) is -0.981. The molecule has 0 aliphatic rings. The molecule has 0 atom stereocenters. The van der Waals surface area contributed by atoms with Crippen molar-refractivity contribution in [1.29, 1.82) is 0 Å². The van der Waals surface area contributed by atoms with Gasteiger partial charge in [-0.1, -0.05) is 0 Å². The van der Waals surface area contributed by atoms with Crippen LogP contribution >= 0.6 is 0 Å². The molecule has 1 heterocycles. The van der Waals surface area contributed by atoms with Gasteiger partial charge in [0.05, 0.1) is 10.3 Å². The number of fused-ring (bicyclic) bond motifs is 1. The van der Waals surface area contributed by atoms with Gasteiger partial charge in [0, 0.05) is 36.6 Å². The van der Waals surface area contributed by atoms with Crippen molar-refractivity contribution in [2.75, 3.05) is 11.9 Å². The van der Waals surface area contributed by atoms with Crippen LogP contribution in [-0.4, -0.2) is 33.6 Å². The van der Waals surface area contributed by atoms with Crippen molar-refractivity contribution >= 4 is 28.1 Å². The second kappa shape index (κ2) is 5.01. The number of benzene rings is 1. The van der Waals surface area contributed by atoms with E-state index in [4.69, 9.17) is 0 Å². The molecule has 1 aromatic heterocycles. The smallest absolute Gasteiger partial charge is 0.328 e. The van der Waals surface area contributed by atoms with E-state index in [0.717, 1.165) is 0 Å². The first kappa shape index (κ1) is 14.7. The molecule has 0 unspecified atom stereocenters. The standard InChI is InChI=1S/C14H15N3O4/c1-14(2,13(18)19)16(3)11-4-5-12(17(20)21)10-8-15-7-6-9(10)11/h4-8H,1-3H3,(H,18,19). The number of non-ortho nitro benzene ring substituents is 1. The Hall–Kier alpha value is -2.70. The highest BCUT2D eigenvalue weighted by molar-refractivity contribution is 6.00. The Morgan fingerprint density at radius 2 is 2.00 bits per heavy atom. The lowest BCUT2D eigenvalue weighted by molar-refractivity contribution is -0.383. The lowest BCUT2D eigenvalue weighted by atomic mass is 10.0. The van der Waals surface area contributed by atoms with E-state index < -0.39 is 16.4 Å². The van der Waals surface area contributed by atoms with E-state index in [1.165, 1.54) is 18.5 Å². The zero-order chi connectivity index (χ0) is 15.8. The predicted molar refractivity (Wildman–Crippen MR) is 78.5 cm³/mol. The van der Waals surface area contributed by atoms with Crippen molar-refractivity contribution in [2.45, 2.75) is 19.4 Å².